The highest BCUT2D eigenvalue weighted by Gasteiger charge is 2.41. The normalized spacial score (nSPS) is 14.5. The van der Waals surface area contributed by atoms with Crippen LogP contribution in [0.5, 0.6) is 5.88 Å². The zero-order chi connectivity index (χ0) is 20.1. The third kappa shape index (κ3) is 4.49. The van der Waals surface area contributed by atoms with Gasteiger partial charge in [-0.05, 0) is 38.2 Å². The second kappa shape index (κ2) is 8.41. The highest BCUT2D eigenvalue weighted by atomic mass is 19.4. The Kier molecular flexibility index (Phi) is 5.96. The molecular formula is C18H20F3N5O2. The summed E-state index contributed by atoms with van der Waals surface area (Å²) in [5, 5.41) is 13.6. The van der Waals surface area contributed by atoms with Crippen LogP contribution in [0.1, 0.15) is 48.2 Å². The molecule has 150 valence electrons. The molecule has 3 rings (SSSR count). The maximum absolute atomic E-state index is 13.6. The van der Waals surface area contributed by atoms with E-state index in [9.17, 15) is 18.0 Å². The van der Waals surface area contributed by atoms with Gasteiger partial charge in [0.25, 0.3) is 5.91 Å². The zero-order valence-corrected chi connectivity index (χ0v) is 15.3. The molecule has 7 nitrogen and oxygen atoms in total. The molecule has 0 radical (unpaired) electrons. The van der Waals surface area contributed by atoms with E-state index in [0.717, 1.165) is 31.9 Å². The van der Waals surface area contributed by atoms with Gasteiger partial charge in [0.05, 0.1) is 18.9 Å². The topological polar surface area (TPSA) is 81.9 Å². The van der Waals surface area contributed by atoms with Crippen LogP contribution in [-0.4, -0.2) is 39.5 Å². The molecule has 2 aromatic rings. The van der Waals surface area contributed by atoms with Crippen LogP contribution in [0.25, 0.3) is 5.82 Å². The first-order valence-electron chi connectivity index (χ1n) is 8.89. The van der Waals surface area contributed by atoms with Crippen LogP contribution in [0.2, 0.25) is 0 Å². The molecule has 1 aliphatic carbocycles. The van der Waals surface area contributed by atoms with E-state index in [1.807, 2.05) is 0 Å². The highest BCUT2D eigenvalue weighted by Crippen LogP contribution is 2.33. The van der Waals surface area contributed by atoms with E-state index < -0.39 is 23.3 Å². The van der Waals surface area contributed by atoms with Crippen molar-refractivity contribution in [3.63, 3.8) is 0 Å². The van der Waals surface area contributed by atoms with Gasteiger partial charge in [0.2, 0.25) is 5.88 Å². The zero-order valence-electron chi connectivity index (χ0n) is 15.3. The molecule has 2 heterocycles. The molecule has 0 saturated heterocycles. The molecule has 0 unspecified atom stereocenters. The molecule has 0 aliphatic heterocycles. The largest absolute Gasteiger partial charge is 0.480 e. The number of carbonyl (C=O) groups excluding carboxylic acids is 1. The summed E-state index contributed by atoms with van der Waals surface area (Å²) in [4.78, 5) is 12.4. The smallest absolute Gasteiger partial charge is 0.434 e. The van der Waals surface area contributed by atoms with Crippen molar-refractivity contribution in [1.82, 2.24) is 25.3 Å². The first kappa shape index (κ1) is 19.8. The molecule has 0 aromatic carbocycles. The van der Waals surface area contributed by atoms with Crippen LogP contribution >= 0.6 is 0 Å². The van der Waals surface area contributed by atoms with Crippen LogP contribution in [0.3, 0.4) is 0 Å². The summed E-state index contributed by atoms with van der Waals surface area (Å²) in [5.41, 5.74) is -0.518. The number of nitrogens with zero attached hydrogens (tertiary/aromatic N) is 4. The number of halogens is 3. The molecule has 2 aromatic heterocycles. The Bertz CT molecular complexity index is 859. The number of amides is 1. The third-order valence-corrected chi connectivity index (χ3v) is 4.45. The van der Waals surface area contributed by atoms with E-state index in [4.69, 9.17) is 4.74 Å². The van der Waals surface area contributed by atoms with Crippen LogP contribution in [0.4, 0.5) is 13.2 Å². The number of hydrogen-bond donors (Lipinski definition) is 1. The van der Waals surface area contributed by atoms with E-state index >= 15 is 0 Å². The molecular weight excluding hydrogens is 375 g/mol. The molecule has 1 aliphatic rings. The molecule has 0 bridgehead atoms. The average Bonchev–Trinajstić information content (AvgIpc) is 3.15. The molecule has 1 amide bonds. The minimum Gasteiger partial charge on any atom is -0.480 e. The lowest BCUT2D eigenvalue weighted by atomic mass is 9.97. The van der Waals surface area contributed by atoms with Gasteiger partial charge in [-0.1, -0.05) is 11.6 Å². The van der Waals surface area contributed by atoms with Crippen LogP contribution in [-0.2, 0) is 6.18 Å². The Morgan fingerprint density at radius 2 is 2.11 bits per heavy atom. The van der Waals surface area contributed by atoms with Crippen molar-refractivity contribution in [3.05, 3.63) is 41.2 Å². The fraction of sp³-hybridized carbons (Fsp3) is 0.444. The van der Waals surface area contributed by atoms with Gasteiger partial charge in [-0.25, -0.2) is 4.68 Å². The summed E-state index contributed by atoms with van der Waals surface area (Å²) >= 11 is 0. The Labute approximate surface area is 159 Å². The maximum Gasteiger partial charge on any atom is 0.434 e. The molecule has 0 atom stereocenters. The standard InChI is InChI=1S/C18H20F3N5O2/c1-28-15-8-7-14(24-25-15)26-16(18(19,20)21)13(11-23-26)17(27)22-10-9-12-5-3-2-4-6-12/h5,7-8,11H,2-4,6,9-10H2,1H3,(H,22,27). The molecule has 10 heteroatoms. The number of rotatable bonds is 6. The van der Waals surface area contributed by atoms with Crippen molar-refractivity contribution in [2.75, 3.05) is 13.7 Å². The number of methoxy groups -OCH3 is 1. The van der Waals surface area contributed by atoms with Gasteiger partial charge in [-0.2, -0.15) is 18.3 Å². The Hall–Kier alpha value is -2.91. The molecule has 0 spiro atoms. The summed E-state index contributed by atoms with van der Waals surface area (Å²) < 4.78 is 46.3. The van der Waals surface area contributed by atoms with Crippen molar-refractivity contribution in [2.45, 2.75) is 38.3 Å². The minimum atomic E-state index is -4.79. The highest BCUT2D eigenvalue weighted by molar-refractivity contribution is 5.95. The number of hydrogen-bond acceptors (Lipinski definition) is 5. The van der Waals surface area contributed by atoms with Crippen molar-refractivity contribution in [1.29, 1.82) is 0 Å². The lowest BCUT2D eigenvalue weighted by molar-refractivity contribution is -0.143. The fourth-order valence-corrected chi connectivity index (χ4v) is 3.06. The first-order valence-corrected chi connectivity index (χ1v) is 8.89. The van der Waals surface area contributed by atoms with Crippen molar-refractivity contribution in [2.24, 2.45) is 0 Å². The van der Waals surface area contributed by atoms with Crippen molar-refractivity contribution >= 4 is 5.91 Å². The summed E-state index contributed by atoms with van der Waals surface area (Å²) in [5.74, 6) is -0.838. The van der Waals surface area contributed by atoms with Gasteiger partial charge in [-0.15, -0.1) is 10.2 Å². The van der Waals surface area contributed by atoms with Crippen molar-refractivity contribution < 1.29 is 22.7 Å². The van der Waals surface area contributed by atoms with Crippen LogP contribution < -0.4 is 10.1 Å². The summed E-state index contributed by atoms with van der Waals surface area (Å²) in [6.07, 6.45) is 3.10. The predicted molar refractivity (Wildman–Crippen MR) is 94.2 cm³/mol. The van der Waals surface area contributed by atoms with E-state index in [1.165, 1.54) is 24.8 Å². The number of ether oxygens (including phenoxy) is 1. The molecule has 0 saturated carbocycles. The Morgan fingerprint density at radius 3 is 2.71 bits per heavy atom. The van der Waals surface area contributed by atoms with Crippen LogP contribution in [0, 0.1) is 0 Å². The van der Waals surface area contributed by atoms with Gasteiger partial charge in [0.15, 0.2) is 11.5 Å². The van der Waals surface area contributed by atoms with E-state index in [0.29, 0.717) is 11.1 Å². The Balaban J connectivity index is 1.79. The molecule has 28 heavy (non-hydrogen) atoms. The van der Waals surface area contributed by atoms with Gasteiger partial charge in [0, 0.05) is 12.6 Å². The summed E-state index contributed by atoms with van der Waals surface area (Å²) in [6, 6.07) is 2.65. The third-order valence-electron chi connectivity index (χ3n) is 4.45. The number of alkyl halides is 3. The lowest BCUT2D eigenvalue weighted by Gasteiger charge is -2.14. The van der Waals surface area contributed by atoms with E-state index in [1.54, 1.807) is 0 Å². The van der Waals surface area contributed by atoms with Gasteiger partial charge >= 0.3 is 6.18 Å². The van der Waals surface area contributed by atoms with Gasteiger partial charge in [-0.3, -0.25) is 4.79 Å². The van der Waals surface area contributed by atoms with E-state index in [2.05, 4.69) is 26.7 Å². The van der Waals surface area contributed by atoms with Gasteiger partial charge in [0.1, 0.15) is 0 Å². The monoisotopic (exact) mass is 395 g/mol. The van der Waals surface area contributed by atoms with Gasteiger partial charge < -0.3 is 10.1 Å². The second-order valence-corrected chi connectivity index (χ2v) is 6.36. The molecule has 1 N–H and O–H groups in total. The summed E-state index contributed by atoms with van der Waals surface area (Å²) in [7, 11) is 1.37. The Morgan fingerprint density at radius 1 is 1.29 bits per heavy atom. The number of carbonyl (C=O) groups is 1. The van der Waals surface area contributed by atoms with E-state index in [-0.39, 0.29) is 18.2 Å². The number of aromatic nitrogens is 4. The average molecular weight is 395 g/mol. The second-order valence-electron chi connectivity index (χ2n) is 6.36. The number of allylic oxidation sites excluding steroid dienone is 1. The maximum atomic E-state index is 13.6. The quantitative estimate of drug-likeness (QED) is 0.759. The predicted octanol–water partition coefficient (Wildman–Crippen LogP) is 3.31. The summed E-state index contributed by atoms with van der Waals surface area (Å²) in [6.45, 7) is 0.273. The number of nitrogens with one attached hydrogen (secondary N) is 1. The van der Waals surface area contributed by atoms with Crippen molar-refractivity contribution in [3.8, 4) is 11.7 Å². The SMILES string of the molecule is COc1ccc(-n2ncc(C(=O)NCCC3=CCCCC3)c2C(F)(F)F)nn1. The lowest BCUT2D eigenvalue weighted by Crippen LogP contribution is -2.28. The fourth-order valence-electron chi connectivity index (χ4n) is 3.06. The van der Waals surface area contributed by atoms with Crippen LogP contribution in [0.15, 0.2) is 30.0 Å². The molecule has 0 fully saturated rings. The minimum absolute atomic E-state index is 0.152. The first-order chi connectivity index (χ1) is 13.4.